The summed E-state index contributed by atoms with van der Waals surface area (Å²) in [6.45, 7) is 4.32. The SMILES string of the molecule is CCOc1ccc(/C=C/C(=O)NC(=S)Nc2ccc(NC(=O)CC)cc2)cc1. The first-order valence-electron chi connectivity index (χ1n) is 8.93. The maximum absolute atomic E-state index is 12.0. The van der Waals surface area contributed by atoms with Gasteiger partial charge < -0.3 is 15.4 Å². The first-order valence-corrected chi connectivity index (χ1v) is 9.33. The summed E-state index contributed by atoms with van der Waals surface area (Å²) < 4.78 is 5.38. The fourth-order valence-electron chi connectivity index (χ4n) is 2.22. The number of thiocarbonyl (C=S) groups is 1. The van der Waals surface area contributed by atoms with E-state index in [4.69, 9.17) is 17.0 Å². The predicted molar refractivity (Wildman–Crippen MR) is 116 cm³/mol. The van der Waals surface area contributed by atoms with Crippen molar-refractivity contribution in [2.45, 2.75) is 20.3 Å². The zero-order chi connectivity index (χ0) is 20.4. The number of rotatable bonds is 7. The number of nitrogens with one attached hydrogen (secondary N) is 3. The average molecular weight is 398 g/mol. The first kappa shape index (κ1) is 21.1. The van der Waals surface area contributed by atoms with Gasteiger partial charge in [0.05, 0.1) is 6.61 Å². The Balaban J connectivity index is 1.83. The lowest BCUT2D eigenvalue weighted by atomic mass is 10.2. The summed E-state index contributed by atoms with van der Waals surface area (Å²) in [5.41, 5.74) is 2.28. The summed E-state index contributed by atoms with van der Waals surface area (Å²) in [4.78, 5) is 23.4. The minimum absolute atomic E-state index is 0.0530. The van der Waals surface area contributed by atoms with Crippen LogP contribution in [0.4, 0.5) is 11.4 Å². The van der Waals surface area contributed by atoms with Crippen LogP contribution in [0.25, 0.3) is 6.08 Å². The molecule has 28 heavy (non-hydrogen) atoms. The van der Waals surface area contributed by atoms with Crippen LogP contribution in [0.5, 0.6) is 5.75 Å². The second-order valence-electron chi connectivity index (χ2n) is 5.76. The van der Waals surface area contributed by atoms with Gasteiger partial charge in [-0.3, -0.25) is 14.9 Å². The minimum atomic E-state index is -0.335. The van der Waals surface area contributed by atoms with Crippen molar-refractivity contribution in [3.8, 4) is 5.75 Å². The van der Waals surface area contributed by atoms with Gasteiger partial charge in [0.1, 0.15) is 5.75 Å². The van der Waals surface area contributed by atoms with Crippen LogP contribution in [0.3, 0.4) is 0 Å². The van der Waals surface area contributed by atoms with Gasteiger partial charge in [-0.15, -0.1) is 0 Å². The molecule has 3 N–H and O–H groups in total. The highest BCUT2D eigenvalue weighted by Crippen LogP contribution is 2.14. The maximum Gasteiger partial charge on any atom is 0.250 e. The molecule has 0 heterocycles. The molecule has 0 bridgehead atoms. The first-order chi connectivity index (χ1) is 13.5. The summed E-state index contributed by atoms with van der Waals surface area (Å²) in [5, 5.41) is 8.46. The highest BCUT2D eigenvalue weighted by Gasteiger charge is 2.03. The topological polar surface area (TPSA) is 79.5 Å². The number of amides is 2. The van der Waals surface area contributed by atoms with Gasteiger partial charge in [0.2, 0.25) is 11.8 Å². The fourth-order valence-corrected chi connectivity index (χ4v) is 2.43. The van der Waals surface area contributed by atoms with Crippen molar-refractivity contribution in [2.75, 3.05) is 17.2 Å². The van der Waals surface area contributed by atoms with Crippen LogP contribution in [0.15, 0.2) is 54.6 Å². The third-order valence-electron chi connectivity index (χ3n) is 3.60. The Morgan fingerprint density at radius 2 is 1.57 bits per heavy atom. The highest BCUT2D eigenvalue weighted by molar-refractivity contribution is 7.80. The van der Waals surface area contributed by atoms with Gasteiger partial charge in [0, 0.05) is 23.9 Å². The van der Waals surface area contributed by atoms with Gasteiger partial charge in [0.25, 0.3) is 0 Å². The molecule has 6 nitrogen and oxygen atoms in total. The second-order valence-corrected chi connectivity index (χ2v) is 6.17. The standard InChI is InChI=1S/C21H23N3O3S/c1-3-19(25)22-16-8-10-17(11-9-16)23-21(28)24-20(26)14-7-15-5-12-18(13-6-15)27-4-2/h5-14H,3-4H2,1-2H3,(H,22,25)(H2,23,24,26,28)/b14-7+. The molecule has 0 unspecified atom stereocenters. The van der Waals surface area contributed by atoms with Gasteiger partial charge in [-0.1, -0.05) is 19.1 Å². The number of anilines is 2. The smallest absolute Gasteiger partial charge is 0.250 e. The highest BCUT2D eigenvalue weighted by atomic mass is 32.1. The molecule has 2 aromatic carbocycles. The zero-order valence-electron chi connectivity index (χ0n) is 15.8. The molecule has 2 amide bonds. The van der Waals surface area contributed by atoms with E-state index in [1.165, 1.54) is 6.08 Å². The molecule has 0 radical (unpaired) electrons. The van der Waals surface area contributed by atoms with E-state index in [1.807, 2.05) is 31.2 Å². The Bertz CT molecular complexity index is 846. The third-order valence-corrected chi connectivity index (χ3v) is 3.81. The van der Waals surface area contributed by atoms with Crippen molar-refractivity contribution in [3.05, 3.63) is 60.2 Å². The van der Waals surface area contributed by atoms with Gasteiger partial charge in [-0.05, 0) is 67.2 Å². The molecule has 0 aromatic heterocycles. The Morgan fingerprint density at radius 1 is 0.964 bits per heavy atom. The van der Waals surface area contributed by atoms with Gasteiger partial charge in [-0.25, -0.2) is 0 Å². The van der Waals surface area contributed by atoms with Gasteiger partial charge >= 0.3 is 0 Å². The van der Waals surface area contributed by atoms with E-state index in [2.05, 4.69) is 16.0 Å². The molecule has 0 saturated heterocycles. The lowest BCUT2D eigenvalue weighted by Crippen LogP contribution is -2.32. The largest absolute Gasteiger partial charge is 0.494 e. The summed E-state index contributed by atoms with van der Waals surface area (Å²) in [6.07, 6.45) is 3.52. The third kappa shape index (κ3) is 7.20. The van der Waals surface area contributed by atoms with Crippen molar-refractivity contribution in [1.82, 2.24) is 5.32 Å². The quantitative estimate of drug-likeness (QED) is 0.487. The molecule has 0 atom stereocenters. The summed E-state index contributed by atoms with van der Waals surface area (Å²) >= 11 is 5.15. The fraction of sp³-hybridized carbons (Fsp3) is 0.190. The summed E-state index contributed by atoms with van der Waals surface area (Å²) in [5.74, 6) is 0.399. The van der Waals surface area contributed by atoms with Crippen LogP contribution in [-0.2, 0) is 9.59 Å². The summed E-state index contributed by atoms with van der Waals surface area (Å²) in [6, 6.07) is 14.5. The number of carbonyl (C=O) groups is 2. The molecule has 2 aromatic rings. The average Bonchev–Trinajstić information content (AvgIpc) is 2.69. The second kappa shape index (κ2) is 10.8. The Hall–Kier alpha value is -3.19. The van der Waals surface area contributed by atoms with E-state index in [-0.39, 0.29) is 16.9 Å². The molecule has 0 fully saturated rings. The number of ether oxygens (including phenoxy) is 1. The molecule has 7 heteroatoms. The van der Waals surface area contributed by atoms with Crippen molar-refractivity contribution in [2.24, 2.45) is 0 Å². The zero-order valence-corrected chi connectivity index (χ0v) is 16.6. The molecule has 0 aliphatic heterocycles. The van der Waals surface area contributed by atoms with E-state index < -0.39 is 0 Å². The van der Waals surface area contributed by atoms with Crippen LogP contribution in [0.1, 0.15) is 25.8 Å². The van der Waals surface area contributed by atoms with Crippen molar-refractivity contribution < 1.29 is 14.3 Å². The molecule has 0 aliphatic rings. The van der Waals surface area contributed by atoms with Crippen LogP contribution in [0.2, 0.25) is 0 Å². The van der Waals surface area contributed by atoms with E-state index in [1.54, 1.807) is 37.3 Å². The minimum Gasteiger partial charge on any atom is -0.494 e. The molecular formula is C21H23N3O3S. The van der Waals surface area contributed by atoms with E-state index in [9.17, 15) is 9.59 Å². The van der Waals surface area contributed by atoms with E-state index in [0.29, 0.717) is 24.4 Å². The van der Waals surface area contributed by atoms with E-state index >= 15 is 0 Å². The van der Waals surface area contributed by atoms with Crippen LogP contribution >= 0.6 is 12.2 Å². The number of hydrogen-bond acceptors (Lipinski definition) is 4. The molecule has 0 saturated carbocycles. The molecule has 2 rings (SSSR count). The van der Waals surface area contributed by atoms with Crippen LogP contribution < -0.4 is 20.7 Å². The maximum atomic E-state index is 12.0. The predicted octanol–water partition coefficient (Wildman–Crippen LogP) is 3.96. The molecule has 0 aliphatic carbocycles. The number of carbonyl (C=O) groups excluding carboxylic acids is 2. The monoisotopic (exact) mass is 397 g/mol. The Labute approximate surface area is 170 Å². The normalized spacial score (nSPS) is 10.4. The van der Waals surface area contributed by atoms with Gasteiger partial charge in [-0.2, -0.15) is 0 Å². The van der Waals surface area contributed by atoms with Crippen LogP contribution in [0, 0.1) is 0 Å². The molecular weight excluding hydrogens is 374 g/mol. The Kier molecular flexibility index (Phi) is 8.17. The van der Waals surface area contributed by atoms with E-state index in [0.717, 1.165) is 11.3 Å². The lowest BCUT2D eigenvalue weighted by Gasteiger charge is -2.09. The Morgan fingerprint density at radius 3 is 2.14 bits per heavy atom. The van der Waals surface area contributed by atoms with Crippen molar-refractivity contribution >= 4 is 46.6 Å². The van der Waals surface area contributed by atoms with Gasteiger partial charge in [0.15, 0.2) is 5.11 Å². The van der Waals surface area contributed by atoms with Crippen LogP contribution in [-0.4, -0.2) is 23.5 Å². The summed E-state index contributed by atoms with van der Waals surface area (Å²) in [7, 11) is 0. The number of benzene rings is 2. The number of hydrogen-bond donors (Lipinski definition) is 3. The molecule has 0 spiro atoms. The molecule has 146 valence electrons. The van der Waals surface area contributed by atoms with Crippen molar-refractivity contribution in [1.29, 1.82) is 0 Å². The lowest BCUT2D eigenvalue weighted by molar-refractivity contribution is -0.116. The van der Waals surface area contributed by atoms with Crippen molar-refractivity contribution in [3.63, 3.8) is 0 Å².